The second-order valence-corrected chi connectivity index (χ2v) is 5.16. The molecule has 0 aliphatic carbocycles. The molecule has 0 radical (unpaired) electrons. The largest absolute Gasteiger partial charge is 0.469 e. The molecule has 0 spiro atoms. The van der Waals surface area contributed by atoms with Crippen LogP contribution in [0.1, 0.15) is 12.5 Å². The van der Waals surface area contributed by atoms with E-state index in [1.165, 1.54) is 12.7 Å². The number of carbonyl (C=O) groups is 1. The van der Waals surface area contributed by atoms with Gasteiger partial charge in [0.2, 0.25) is 0 Å². The van der Waals surface area contributed by atoms with Crippen molar-refractivity contribution < 1.29 is 9.53 Å². The quantitative estimate of drug-likeness (QED) is 0.783. The first-order chi connectivity index (χ1) is 8.02. The molecular formula is C13H18BrNO2. The number of rotatable bonds is 5. The molecule has 1 aromatic rings. The number of methoxy groups -OCH3 is 1. The van der Waals surface area contributed by atoms with Gasteiger partial charge >= 0.3 is 5.97 Å². The minimum Gasteiger partial charge on any atom is -0.469 e. The molecule has 0 N–H and O–H groups in total. The summed E-state index contributed by atoms with van der Waals surface area (Å²) in [5.74, 6) is -0.256. The molecule has 0 saturated heterocycles. The lowest BCUT2D eigenvalue weighted by molar-refractivity contribution is -0.145. The lowest BCUT2D eigenvalue weighted by Crippen LogP contribution is -2.29. The van der Waals surface area contributed by atoms with Crippen LogP contribution in [0.25, 0.3) is 0 Å². The van der Waals surface area contributed by atoms with Crippen molar-refractivity contribution in [2.24, 2.45) is 5.92 Å². The minimum absolute atomic E-state index is 0.0968. The van der Waals surface area contributed by atoms with Gasteiger partial charge < -0.3 is 9.64 Å². The molecule has 3 nitrogen and oxygen atoms in total. The highest BCUT2D eigenvalue weighted by molar-refractivity contribution is 9.10. The first kappa shape index (κ1) is 14.2. The van der Waals surface area contributed by atoms with Crippen LogP contribution in [0.2, 0.25) is 0 Å². The Hall–Kier alpha value is -0.870. The maximum atomic E-state index is 11.3. The second kappa shape index (κ2) is 6.77. The smallest absolute Gasteiger partial charge is 0.309 e. The molecule has 17 heavy (non-hydrogen) atoms. The zero-order chi connectivity index (χ0) is 12.8. The van der Waals surface area contributed by atoms with Crippen LogP contribution >= 0.6 is 15.9 Å². The van der Waals surface area contributed by atoms with E-state index >= 15 is 0 Å². The zero-order valence-corrected chi connectivity index (χ0v) is 12.0. The van der Waals surface area contributed by atoms with Crippen molar-refractivity contribution >= 4 is 21.9 Å². The van der Waals surface area contributed by atoms with Crippen LogP contribution in [0.15, 0.2) is 28.7 Å². The lowest BCUT2D eigenvalue weighted by atomic mass is 10.1. The van der Waals surface area contributed by atoms with Crippen LogP contribution in [-0.2, 0) is 16.1 Å². The maximum absolute atomic E-state index is 11.3. The van der Waals surface area contributed by atoms with E-state index in [0.29, 0.717) is 6.54 Å². The van der Waals surface area contributed by atoms with Crippen molar-refractivity contribution in [3.05, 3.63) is 34.3 Å². The number of hydrogen-bond acceptors (Lipinski definition) is 3. The van der Waals surface area contributed by atoms with Gasteiger partial charge in [-0.3, -0.25) is 4.79 Å². The number of carbonyl (C=O) groups excluding carboxylic acids is 1. The van der Waals surface area contributed by atoms with Crippen molar-refractivity contribution in [3.8, 4) is 0 Å². The monoisotopic (exact) mass is 299 g/mol. The molecule has 0 heterocycles. The topological polar surface area (TPSA) is 29.5 Å². The Morgan fingerprint density at radius 1 is 1.41 bits per heavy atom. The van der Waals surface area contributed by atoms with Gasteiger partial charge in [0.1, 0.15) is 0 Å². The summed E-state index contributed by atoms with van der Waals surface area (Å²) in [4.78, 5) is 13.4. The fourth-order valence-electron chi connectivity index (χ4n) is 1.71. The number of benzene rings is 1. The fraction of sp³-hybridized carbons (Fsp3) is 0.462. The average molecular weight is 300 g/mol. The van der Waals surface area contributed by atoms with Crippen molar-refractivity contribution in [1.29, 1.82) is 0 Å². The van der Waals surface area contributed by atoms with Gasteiger partial charge in [-0.15, -0.1) is 0 Å². The van der Waals surface area contributed by atoms with Crippen LogP contribution < -0.4 is 0 Å². The van der Waals surface area contributed by atoms with Crippen molar-refractivity contribution in [2.45, 2.75) is 13.5 Å². The van der Waals surface area contributed by atoms with Crippen molar-refractivity contribution in [1.82, 2.24) is 4.90 Å². The summed E-state index contributed by atoms with van der Waals surface area (Å²) < 4.78 is 5.78. The van der Waals surface area contributed by atoms with Crippen LogP contribution in [0.3, 0.4) is 0 Å². The summed E-state index contributed by atoms with van der Waals surface area (Å²) in [7, 11) is 3.43. The van der Waals surface area contributed by atoms with Gasteiger partial charge in [0.25, 0.3) is 0 Å². The molecule has 0 aliphatic rings. The SMILES string of the molecule is COC(=O)C(C)CN(C)Cc1ccc(Br)cc1. The van der Waals surface area contributed by atoms with E-state index in [2.05, 4.69) is 33.0 Å². The van der Waals surface area contributed by atoms with E-state index in [1.807, 2.05) is 26.1 Å². The molecule has 0 saturated carbocycles. The Balaban J connectivity index is 2.46. The summed E-state index contributed by atoms with van der Waals surface area (Å²) in [6.45, 7) is 3.40. The summed E-state index contributed by atoms with van der Waals surface area (Å²) in [5.41, 5.74) is 1.23. The summed E-state index contributed by atoms with van der Waals surface area (Å²) in [6.07, 6.45) is 0. The Bertz CT molecular complexity index is 364. The zero-order valence-electron chi connectivity index (χ0n) is 10.4. The standard InChI is InChI=1S/C13H18BrNO2/c1-10(13(16)17-3)8-15(2)9-11-4-6-12(14)7-5-11/h4-7,10H,8-9H2,1-3H3. The first-order valence-electron chi connectivity index (χ1n) is 5.53. The maximum Gasteiger partial charge on any atom is 0.309 e. The lowest BCUT2D eigenvalue weighted by Gasteiger charge is -2.19. The van der Waals surface area contributed by atoms with Crippen LogP contribution in [-0.4, -0.2) is 31.6 Å². The Kier molecular flexibility index (Phi) is 5.65. The van der Waals surface area contributed by atoms with E-state index in [0.717, 1.165) is 11.0 Å². The molecule has 94 valence electrons. The van der Waals surface area contributed by atoms with Crippen molar-refractivity contribution in [3.63, 3.8) is 0 Å². The van der Waals surface area contributed by atoms with E-state index in [-0.39, 0.29) is 11.9 Å². The molecule has 4 heteroatoms. The van der Waals surface area contributed by atoms with Gasteiger partial charge in [-0.1, -0.05) is 35.0 Å². The molecule has 0 fully saturated rings. The van der Waals surface area contributed by atoms with Crippen LogP contribution in [0.4, 0.5) is 0 Å². The summed E-state index contributed by atoms with van der Waals surface area (Å²) in [6, 6.07) is 8.19. The second-order valence-electron chi connectivity index (χ2n) is 4.25. The third kappa shape index (κ3) is 4.88. The van der Waals surface area contributed by atoms with Gasteiger partial charge in [0.15, 0.2) is 0 Å². The number of esters is 1. The van der Waals surface area contributed by atoms with E-state index in [4.69, 9.17) is 4.74 Å². The highest BCUT2D eigenvalue weighted by Crippen LogP contribution is 2.12. The average Bonchev–Trinajstić information content (AvgIpc) is 2.30. The molecule has 1 atom stereocenters. The number of hydrogen-bond donors (Lipinski definition) is 0. The predicted molar refractivity (Wildman–Crippen MR) is 71.7 cm³/mol. The third-order valence-electron chi connectivity index (χ3n) is 2.55. The molecular weight excluding hydrogens is 282 g/mol. The molecule has 0 bridgehead atoms. The highest BCUT2D eigenvalue weighted by atomic mass is 79.9. The highest BCUT2D eigenvalue weighted by Gasteiger charge is 2.15. The van der Waals surface area contributed by atoms with Gasteiger partial charge in [-0.05, 0) is 24.7 Å². The minimum atomic E-state index is -0.160. The van der Waals surface area contributed by atoms with Crippen LogP contribution in [0.5, 0.6) is 0 Å². The van der Waals surface area contributed by atoms with Gasteiger partial charge in [-0.25, -0.2) is 0 Å². The van der Waals surface area contributed by atoms with E-state index in [9.17, 15) is 4.79 Å². The molecule has 1 unspecified atom stereocenters. The Labute approximate surface area is 111 Å². The van der Waals surface area contributed by atoms with Crippen LogP contribution in [0, 0.1) is 5.92 Å². The summed E-state index contributed by atoms with van der Waals surface area (Å²) in [5, 5.41) is 0. The molecule has 0 aliphatic heterocycles. The summed E-state index contributed by atoms with van der Waals surface area (Å²) >= 11 is 3.41. The molecule has 1 rings (SSSR count). The normalized spacial score (nSPS) is 12.5. The fourth-order valence-corrected chi connectivity index (χ4v) is 1.97. The predicted octanol–water partition coefficient (Wildman–Crippen LogP) is 2.69. The first-order valence-corrected chi connectivity index (χ1v) is 6.33. The molecule has 1 aromatic carbocycles. The number of halogens is 1. The molecule has 0 amide bonds. The van der Waals surface area contributed by atoms with Gasteiger partial charge in [0, 0.05) is 17.6 Å². The number of ether oxygens (including phenoxy) is 1. The Morgan fingerprint density at radius 3 is 2.53 bits per heavy atom. The Morgan fingerprint density at radius 2 is 2.00 bits per heavy atom. The number of nitrogens with zero attached hydrogens (tertiary/aromatic N) is 1. The van der Waals surface area contributed by atoms with E-state index in [1.54, 1.807) is 0 Å². The third-order valence-corrected chi connectivity index (χ3v) is 3.08. The molecule has 0 aromatic heterocycles. The van der Waals surface area contributed by atoms with Gasteiger partial charge in [0.05, 0.1) is 13.0 Å². The van der Waals surface area contributed by atoms with E-state index < -0.39 is 0 Å². The van der Waals surface area contributed by atoms with Crippen molar-refractivity contribution in [2.75, 3.05) is 20.7 Å². The van der Waals surface area contributed by atoms with Gasteiger partial charge in [-0.2, -0.15) is 0 Å².